The second-order valence-electron chi connectivity index (χ2n) is 3.97. The van der Waals surface area contributed by atoms with Crippen LogP contribution in [0.5, 0.6) is 0 Å². The molecule has 0 aliphatic rings. The van der Waals surface area contributed by atoms with E-state index in [0.717, 1.165) is 10.6 Å². The van der Waals surface area contributed by atoms with Crippen LogP contribution >= 0.6 is 22.7 Å². The number of nitrogens with zero attached hydrogens (tertiary/aromatic N) is 2. The van der Waals surface area contributed by atoms with Crippen molar-refractivity contribution >= 4 is 33.7 Å². The zero-order valence-corrected chi connectivity index (χ0v) is 11.8. The van der Waals surface area contributed by atoms with E-state index < -0.39 is 0 Å². The van der Waals surface area contributed by atoms with Crippen molar-refractivity contribution in [3.8, 4) is 10.6 Å². The van der Waals surface area contributed by atoms with E-state index in [4.69, 9.17) is 0 Å². The Hall–Kier alpha value is -1.92. The van der Waals surface area contributed by atoms with Gasteiger partial charge in [-0.15, -0.1) is 22.7 Å². The minimum atomic E-state index is -0.139. The fourth-order valence-electron chi connectivity index (χ4n) is 1.73. The monoisotopic (exact) mass is 289 g/mol. The standard InChI is InChI=1S/C13H11N3OS2/c1-16-6-2-4-10(16)12(17)15-13-14-9(8-19-13)11-5-3-7-18-11/h2-8H,1H3,(H,14,15,17). The number of hydrogen-bond donors (Lipinski definition) is 1. The van der Waals surface area contributed by atoms with Crippen molar-refractivity contribution in [1.29, 1.82) is 0 Å². The fourth-order valence-corrected chi connectivity index (χ4v) is 3.19. The fraction of sp³-hybridized carbons (Fsp3) is 0.0769. The molecule has 19 heavy (non-hydrogen) atoms. The predicted molar refractivity (Wildman–Crippen MR) is 78.8 cm³/mol. The summed E-state index contributed by atoms with van der Waals surface area (Å²) >= 11 is 3.07. The van der Waals surface area contributed by atoms with Gasteiger partial charge in [-0.3, -0.25) is 10.1 Å². The van der Waals surface area contributed by atoms with Gasteiger partial charge in [-0.25, -0.2) is 4.98 Å². The second-order valence-corrected chi connectivity index (χ2v) is 5.78. The minimum Gasteiger partial charge on any atom is -0.347 e. The maximum atomic E-state index is 12.0. The molecule has 0 aliphatic carbocycles. The first-order valence-electron chi connectivity index (χ1n) is 5.66. The summed E-state index contributed by atoms with van der Waals surface area (Å²) in [7, 11) is 1.84. The summed E-state index contributed by atoms with van der Waals surface area (Å²) in [5, 5.41) is 7.40. The van der Waals surface area contributed by atoms with Crippen molar-refractivity contribution in [3.63, 3.8) is 0 Å². The predicted octanol–water partition coefficient (Wildman–Crippen LogP) is 3.46. The lowest BCUT2D eigenvalue weighted by atomic mass is 10.4. The molecule has 0 saturated carbocycles. The molecule has 0 aromatic carbocycles. The summed E-state index contributed by atoms with van der Waals surface area (Å²) in [5.41, 5.74) is 1.52. The number of nitrogens with one attached hydrogen (secondary N) is 1. The van der Waals surface area contributed by atoms with Gasteiger partial charge in [0, 0.05) is 18.6 Å². The summed E-state index contributed by atoms with van der Waals surface area (Å²) in [6.45, 7) is 0. The third-order valence-corrected chi connectivity index (χ3v) is 4.32. The number of anilines is 1. The van der Waals surface area contributed by atoms with Crippen molar-refractivity contribution in [3.05, 3.63) is 46.9 Å². The van der Waals surface area contributed by atoms with Gasteiger partial charge < -0.3 is 4.57 Å². The van der Waals surface area contributed by atoms with Gasteiger partial charge >= 0.3 is 0 Å². The van der Waals surface area contributed by atoms with Crippen molar-refractivity contribution in [2.24, 2.45) is 7.05 Å². The van der Waals surface area contributed by atoms with Crippen LogP contribution in [0.15, 0.2) is 41.2 Å². The molecule has 6 heteroatoms. The van der Waals surface area contributed by atoms with Crippen molar-refractivity contribution in [2.45, 2.75) is 0 Å². The van der Waals surface area contributed by atoms with Crippen LogP contribution in [0.1, 0.15) is 10.5 Å². The smallest absolute Gasteiger partial charge is 0.274 e. The average Bonchev–Trinajstić information content (AvgIpc) is 3.07. The third-order valence-electron chi connectivity index (χ3n) is 2.67. The molecule has 3 aromatic heterocycles. The summed E-state index contributed by atoms with van der Waals surface area (Å²) in [4.78, 5) is 17.6. The van der Waals surface area contributed by atoms with Crippen molar-refractivity contribution in [2.75, 3.05) is 5.32 Å². The van der Waals surface area contributed by atoms with Gasteiger partial charge in [0.05, 0.1) is 10.6 Å². The number of thiazole rings is 1. The summed E-state index contributed by atoms with van der Waals surface area (Å²) in [5.74, 6) is -0.139. The van der Waals surface area contributed by atoms with Gasteiger partial charge in [-0.1, -0.05) is 6.07 Å². The molecule has 3 rings (SSSR count). The summed E-state index contributed by atoms with van der Waals surface area (Å²) in [6.07, 6.45) is 1.84. The lowest BCUT2D eigenvalue weighted by molar-refractivity contribution is 0.101. The SMILES string of the molecule is Cn1cccc1C(=O)Nc1nc(-c2cccs2)cs1. The lowest BCUT2D eigenvalue weighted by Crippen LogP contribution is -2.15. The van der Waals surface area contributed by atoms with Gasteiger partial charge in [0.15, 0.2) is 5.13 Å². The molecular weight excluding hydrogens is 278 g/mol. The Kier molecular flexibility index (Phi) is 3.18. The topological polar surface area (TPSA) is 46.9 Å². The number of hydrogen-bond acceptors (Lipinski definition) is 4. The van der Waals surface area contributed by atoms with E-state index in [1.165, 1.54) is 11.3 Å². The number of aryl methyl sites for hydroxylation is 1. The van der Waals surface area contributed by atoms with Crippen LogP contribution in [0.2, 0.25) is 0 Å². The van der Waals surface area contributed by atoms with Crippen LogP contribution in [0.3, 0.4) is 0 Å². The number of amides is 1. The number of thiophene rings is 1. The molecule has 0 spiro atoms. The lowest BCUT2D eigenvalue weighted by Gasteiger charge is -2.02. The molecule has 0 unspecified atom stereocenters. The first kappa shape index (κ1) is 12.1. The highest BCUT2D eigenvalue weighted by Gasteiger charge is 2.12. The van der Waals surface area contributed by atoms with Gasteiger partial charge in [-0.05, 0) is 23.6 Å². The molecule has 0 fully saturated rings. The van der Waals surface area contributed by atoms with E-state index in [-0.39, 0.29) is 5.91 Å². The van der Waals surface area contributed by atoms with E-state index in [9.17, 15) is 4.79 Å². The Morgan fingerprint density at radius 1 is 1.32 bits per heavy atom. The van der Waals surface area contributed by atoms with Crippen LogP contribution in [0, 0.1) is 0 Å². The molecule has 3 heterocycles. The molecule has 0 bridgehead atoms. The number of carbonyl (C=O) groups is 1. The quantitative estimate of drug-likeness (QED) is 0.802. The average molecular weight is 289 g/mol. The largest absolute Gasteiger partial charge is 0.347 e. The Bertz CT molecular complexity index is 697. The highest BCUT2D eigenvalue weighted by Crippen LogP contribution is 2.28. The molecule has 96 valence electrons. The molecule has 0 saturated heterocycles. The van der Waals surface area contributed by atoms with Gasteiger partial charge in [0.25, 0.3) is 5.91 Å². The highest BCUT2D eigenvalue weighted by molar-refractivity contribution is 7.16. The number of aromatic nitrogens is 2. The molecule has 0 radical (unpaired) electrons. The normalized spacial score (nSPS) is 10.6. The Morgan fingerprint density at radius 3 is 2.89 bits per heavy atom. The molecule has 1 amide bonds. The molecule has 0 atom stereocenters. The maximum Gasteiger partial charge on any atom is 0.274 e. The van der Waals surface area contributed by atoms with Crippen LogP contribution in [0.4, 0.5) is 5.13 Å². The van der Waals surface area contributed by atoms with Crippen molar-refractivity contribution in [1.82, 2.24) is 9.55 Å². The molecule has 0 aliphatic heterocycles. The van der Waals surface area contributed by atoms with E-state index in [0.29, 0.717) is 10.8 Å². The summed E-state index contributed by atoms with van der Waals surface area (Å²) in [6, 6.07) is 7.63. The van der Waals surface area contributed by atoms with Crippen LogP contribution in [-0.4, -0.2) is 15.5 Å². The Balaban J connectivity index is 1.78. The first-order valence-corrected chi connectivity index (χ1v) is 7.42. The molecule has 1 N–H and O–H groups in total. The van der Waals surface area contributed by atoms with Crippen LogP contribution in [0.25, 0.3) is 10.6 Å². The van der Waals surface area contributed by atoms with Gasteiger partial charge in [0.2, 0.25) is 0 Å². The zero-order valence-electron chi connectivity index (χ0n) is 10.2. The third kappa shape index (κ3) is 2.45. The second kappa shape index (κ2) is 4.99. The van der Waals surface area contributed by atoms with E-state index in [2.05, 4.69) is 10.3 Å². The molecule has 4 nitrogen and oxygen atoms in total. The molecule has 3 aromatic rings. The number of rotatable bonds is 3. The Labute approximate surface area is 118 Å². The van der Waals surface area contributed by atoms with Gasteiger partial charge in [0.1, 0.15) is 5.69 Å². The first-order chi connectivity index (χ1) is 9.24. The van der Waals surface area contributed by atoms with Crippen LogP contribution in [-0.2, 0) is 7.05 Å². The van der Waals surface area contributed by atoms with E-state index in [1.54, 1.807) is 22.0 Å². The van der Waals surface area contributed by atoms with Crippen LogP contribution < -0.4 is 5.32 Å². The molecular formula is C13H11N3OS2. The Morgan fingerprint density at radius 2 is 2.21 bits per heavy atom. The zero-order chi connectivity index (χ0) is 13.2. The van der Waals surface area contributed by atoms with Crippen molar-refractivity contribution < 1.29 is 4.79 Å². The van der Waals surface area contributed by atoms with Gasteiger partial charge in [-0.2, -0.15) is 0 Å². The van der Waals surface area contributed by atoms with E-state index >= 15 is 0 Å². The van der Waals surface area contributed by atoms with E-state index in [1.807, 2.05) is 42.2 Å². The number of carbonyl (C=O) groups excluding carboxylic acids is 1. The maximum absolute atomic E-state index is 12.0. The summed E-state index contributed by atoms with van der Waals surface area (Å²) < 4.78 is 1.78. The highest BCUT2D eigenvalue weighted by atomic mass is 32.1. The minimum absolute atomic E-state index is 0.139.